The normalized spacial score (nSPS) is 15.7. The molecule has 6 nitrogen and oxygen atoms in total. The Balaban J connectivity index is 1.75. The Morgan fingerprint density at radius 2 is 1.69 bits per heavy atom. The third-order valence-electron chi connectivity index (χ3n) is 3.99. The second-order valence-corrected chi connectivity index (χ2v) is 6.86. The zero-order chi connectivity index (χ0) is 18.3. The Hall–Kier alpha value is -3.19. The van der Waals surface area contributed by atoms with Gasteiger partial charge in [-0.3, -0.25) is 19.5 Å². The summed E-state index contributed by atoms with van der Waals surface area (Å²) >= 11 is 1.06. The molecule has 0 radical (unpaired) electrons. The number of aromatic nitrogens is 2. The summed E-state index contributed by atoms with van der Waals surface area (Å²) in [5.41, 5.74) is 1.15. The maximum atomic E-state index is 12.6. The summed E-state index contributed by atoms with van der Waals surface area (Å²) in [4.78, 5) is 41.4. The summed E-state index contributed by atoms with van der Waals surface area (Å²) in [7, 11) is 0. The number of aliphatic imine (C=N–C) groups is 1. The van der Waals surface area contributed by atoms with Gasteiger partial charge in [-0.15, -0.1) is 0 Å². The number of H-pyrrole nitrogens is 1. The van der Waals surface area contributed by atoms with Crippen molar-refractivity contribution in [2.45, 2.75) is 6.92 Å². The number of nitrogens with zero attached hydrogens (tertiary/aromatic N) is 2. The van der Waals surface area contributed by atoms with Gasteiger partial charge < -0.3 is 0 Å². The van der Waals surface area contributed by atoms with Crippen molar-refractivity contribution in [1.29, 1.82) is 0 Å². The number of hydrogen-bond acceptors (Lipinski definition) is 4. The second kappa shape index (κ2) is 6.27. The van der Waals surface area contributed by atoms with Crippen LogP contribution in [0.2, 0.25) is 0 Å². The summed E-state index contributed by atoms with van der Waals surface area (Å²) in [6, 6.07) is 14.2. The first-order chi connectivity index (χ1) is 12.5. The predicted octanol–water partition coefficient (Wildman–Crippen LogP) is 2.52. The fourth-order valence-corrected chi connectivity index (χ4v) is 3.52. The summed E-state index contributed by atoms with van der Waals surface area (Å²) in [6.45, 7) is 1.98. The van der Waals surface area contributed by atoms with Gasteiger partial charge in [0.2, 0.25) is 0 Å². The average molecular weight is 363 g/mol. The van der Waals surface area contributed by atoms with E-state index in [9.17, 15) is 14.4 Å². The molecule has 2 aromatic carbocycles. The number of benzene rings is 2. The third-order valence-corrected chi connectivity index (χ3v) is 4.96. The van der Waals surface area contributed by atoms with Crippen molar-refractivity contribution >= 4 is 39.7 Å². The number of thioether (sulfide) groups is 1. The first kappa shape index (κ1) is 16.3. The monoisotopic (exact) mass is 363 g/mol. The second-order valence-electron chi connectivity index (χ2n) is 5.85. The first-order valence-electron chi connectivity index (χ1n) is 7.86. The molecule has 1 aromatic heterocycles. The highest BCUT2D eigenvalue weighted by Gasteiger charge is 2.25. The van der Waals surface area contributed by atoms with Crippen LogP contribution in [0.3, 0.4) is 0 Å². The molecule has 0 atom stereocenters. The lowest BCUT2D eigenvalue weighted by Gasteiger charge is -2.05. The van der Waals surface area contributed by atoms with Crippen molar-refractivity contribution in [1.82, 2.24) is 9.78 Å². The van der Waals surface area contributed by atoms with Crippen LogP contribution in [0, 0.1) is 6.92 Å². The standard InChI is InChI=1S/C19H13N3O3S/c1-11-6-8-12(9-7-11)10-15-17(24)20-19(26-15)22-18(25)14-5-3-2-4-13(14)16(23)21-22/h2-10H,1H3,(H,21,23)/b15-10+. The van der Waals surface area contributed by atoms with Gasteiger partial charge >= 0.3 is 0 Å². The highest BCUT2D eigenvalue weighted by atomic mass is 32.2. The van der Waals surface area contributed by atoms with Crippen molar-refractivity contribution in [3.05, 3.63) is 85.3 Å². The third kappa shape index (κ3) is 2.82. The molecular formula is C19H13N3O3S. The van der Waals surface area contributed by atoms with E-state index in [0.717, 1.165) is 27.6 Å². The van der Waals surface area contributed by atoms with E-state index in [-0.39, 0.29) is 10.6 Å². The summed E-state index contributed by atoms with van der Waals surface area (Å²) in [6.07, 6.45) is 1.72. The molecule has 3 aromatic rings. The van der Waals surface area contributed by atoms with Gasteiger partial charge in [-0.1, -0.05) is 42.0 Å². The van der Waals surface area contributed by atoms with Crippen LogP contribution < -0.4 is 11.1 Å². The van der Waals surface area contributed by atoms with Gasteiger partial charge in [0.05, 0.1) is 15.7 Å². The van der Waals surface area contributed by atoms with Crippen molar-refractivity contribution in [2.75, 3.05) is 0 Å². The van der Waals surface area contributed by atoms with Crippen LogP contribution in [0.25, 0.3) is 16.8 Å². The lowest BCUT2D eigenvalue weighted by Crippen LogP contribution is -2.33. The highest BCUT2D eigenvalue weighted by Crippen LogP contribution is 2.28. The van der Waals surface area contributed by atoms with E-state index < -0.39 is 17.0 Å². The van der Waals surface area contributed by atoms with E-state index in [1.807, 2.05) is 31.2 Å². The van der Waals surface area contributed by atoms with Gasteiger partial charge in [0, 0.05) is 0 Å². The highest BCUT2D eigenvalue weighted by molar-refractivity contribution is 8.18. The lowest BCUT2D eigenvalue weighted by molar-refractivity contribution is -0.113. The molecule has 0 unspecified atom stereocenters. The zero-order valence-electron chi connectivity index (χ0n) is 13.7. The molecule has 0 saturated heterocycles. The number of carbonyl (C=O) groups excluding carboxylic acids is 1. The predicted molar refractivity (Wildman–Crippen MR) is 103 cm³/mol. The van der Waals surface area contributed by atoms with Gasteiger partial charge in [-0.2, -0.15) is 9.67 Å². The van der Waals surface area contributed by atoms with Crippen LogP contribution in [0.5, 0.6) is 0 Å². The summed E-state index contributed by atoms with van der Waals surface area (Å²) in [5.74, 6) is -0.438. The maximum Gasteiger partial charge on any atom is 0.286 e. The molecule has 1 aliphatic rings. The van der Waals surface area contributed by atoms with Gasteiger partial charge in [-0.05, 0) is 42.5 Å². The Kier molecular flexibility index (Phi) is 3.93. The van der Waals surface area contributed by atoms with E-state index in [2.05, 4.69) is 10.1 Å². The fraction of sp³-hybridized carbons (Fsp3) is 0.0526. The van der Waals surface area contributed by atoms with E-state index in [4.69, 9.17) is 0 Å². The quantitative estimate of drug-likeness (QED) is 0.673. The number of amides is 1. The maximum absolute atomic E-state index is 12.6. The molecule has 0 spiro atoms. The number of aryl methyl sites for hydroxylation is 1. The minimum Gasteiger partial charge on any atom is -0.267 e. The summed E-state index contributed by atoms with van der Waals surface area (Å²) < 4.78 is 1.03. The molecule has 0 fully saturated rings. The molecular weight excluding hydrogens is 350 g/mol. The molecule has 1 N–H and O–H groups in total. The average Bonchev–Trinajstić information content (AvgIpc) is 3.00. The smallest absolute Gasteiger partial charge is 0.267 e. The Labute approximate surface area is 151 Å². The van der Waals surface area contributed by atoms with Crippen LogP contribution in [-0.2, 0) is 4.79 Å². The number of rotatable bonds is 1. The fourth-order valence-electron chi connectivity index (χ4n) is 2.64. The van der Waals surface area contributed by atoms with E-state index >= 15 is 0 Å². The largest absolute Gasteiger partial charge is 0.286 e. The van der Waals surface area contributed by atoms with Crippen LogP contribution in [0.1, 0.15) is 11.1 Å². The topological polar surface area (TPSA) is 84.3 Å². The van der Waals surface area contributed by atoms with Crippen LogP contribution in [0.4, 0.5) is 0 Å². The van der Waals surface area contributed by atoms with Crippen LogP contribution >= 0.6 is 11.8 Å². The molecule has 1 amide bonds. The van der Waals surface area contributed by atoms with E-state index in [1.54, 1.807) is 30.3 Å². The van der Waals surface area contributed by atoms with Gasteiger partial charge in [-0.25, -0.2) is 0 Å². The van der Waals surface area contributed by atoms with Crippen molar-refractivity contribution in [3.63, 3.8) is 0 Å². The van der Waals surface area contributed by atoms with E-state index in [0.29, 0.717) is 10.3 Å². The molecule has 7 heteroatoms. The van der Waals surface area contributed by atoms with Gasteiger partial charge in [0.15, 0.2) is 5.17 Å². The first-order valence-corrected chi connectivity index (χ1v) is 8.68. The molecule has 1 aliphatic heterocycles. The van der Waals surface area contributed by atoms with Crippen molar-refractivity contribution in [2.24, 2.45) is 4.99 Å². The van der Waals surface area contributed by atoms with Gasteiger partial charge in [0.1, 0.15) is 0 Å². The number of carbonyl (C=O) groups is 1. The van der Waals surface area contributed by atoms with Crippen LogP contribution in [-0.4, -0.2) is 20.9 Å². The minimum absolute atomic E-state index is 0.140. The van der Waals surface area contributed by atoms with E-state index in [1.165, 1.54) is 0 Å². The van der Waals surface area contributed by atoms with Crippen LogP contribution in [0.15, 0.2) is 68.0 Å². The molecule has 128 valence electrons. The minimum atomic E-state index is -0.438. The van der Waals surface area contributed by atoms with Crippen molar-refractivity contribution in [3.8, 4) is 0 Å². The zero-order valence-corrected chi connectivity index (χ0v) is 14.5. The molecule has 26 heavy (non-hydrogen) atoms. The molecule has 2 heterocycles. The number of hydrogen-bond donors (Lipinski definition) is 1. The molecule has 0 aliphatic carbocycles. The van der Waals surface area contributed by atoms with Crippen molar-refractivity contribution < 1.29 is 4.79 Å². The Bertz CT molecular complexity index is 1220. The summed E-state index contributed by atoms with van der Waals surface area (Å²) in [5, 5.41) is 3.22. The number of nitrogens with one attached hydrogen (secondary N) is 1. The Morgan fingerprint density at radius 3 is 2.42 bits per heavy atom. The van der Waals surface area contributed by atoms with Gasteiger partial charge in [0.25, 0.3) is 17.0 Å². The lowest BCUT2D eigenvalue weighted by atomic mass is 10.1. The Morgan fingerprint density at radius 1 is 1.00 bits per heavy atom. The number of aromatic amines is 1. The molecule has 0 bridgehead atoms. The number of fused-ring (bicyclic) bond motifs is 1. The molecule has 4 rings (SSSR count). The SMILES string of the molecule is Cc1ccc(/C=C2/SC(n3[nH]c(=O)c4ccccc4c3=O)=NC2=O)cc1. The molecule has 0 saturated carbocycles.